The zero-order chi connectivity index (χ0) is 13.7. The lowest BCUT2D eigenvalue weighted by atomic mass is 9.99. The van der Waals surface area contributed by atoms with Gasteiger partial charge >= 0.3 is 0 Å². The third kappa shape index (κ3) is 3.69. The molecule has 0 atom stereocenters. The van der Waals surface area contributed by atoms with Gasteiger partial charge in [-0.05, 0) is 32.4 Å². The van der Waals surface area contributed by atoms with Crippen LogP contribution in [0.25, 0.3) is 0 Å². The maximum absolute atomic E-state index is 12.1. The second kappa shape index (κ2) is 6.34. The van der Waals surface area contributed by atoms with Crippen LogP contribution in [0.3, 0.4) is 0 Å². The second-order valence-electron chi connectivity index (χ2n) is 4.65. The third-order valence-corrected chi connectivity index (χ3v) is 3.16. The van der Waals surface area contributed by atoms with Crippen molar-refractivity contribution >= 4 is 11.7 Å². The van der Waals surface area contributed by atoms with Gasteiger partial charge in [0.15, 0.2) is 5.78 Å². The van der Waals surface area contributed by atoms with Gasteiger partial charge in [-0.1, -0.05) is 17.7 Å². The summed E-state index contributed by atoms with van der Waals surface area (Å²) in [6.45, 7) is 6.49. The number of hydrogen-bond acceptors (Lipinski definition) is 2. The van der Waals surface area contributed by atoms with Crippen LogP contribution in [0, 0.1) is 13.8 Å². The summed E-state index contributed by atoms with van der Waals surface area (Å²) in [4.78, 5) is 25.3. The Morgan fingerprint density at radius 3 is 2.44 bits per heavy atom. The molecule has 1 aromatic rings. The Kier molecular flexibility index (Phi) is 5.08. The highest BCUT2D eigenvalue weighted by atomic mass is 16.2. The first-order chi connectivity index (χ1) is 8.45. The predicted octanol–water partition coefficient (Wildman–Crippen LogP) is 2.74. The molecule has 0 N–H and O–H groups in total. The second-order valence-corrected chi connectivity index (χ2v) is 4.65. The number of nitrogens with zero attached hydrogens (tertiary/aromatic N) is 1. The quantitative estimate of drug-likeness (QED) is 0.750. The lowest BCUT2D eigenvalue weighted by Crippen LogP contribution is -2.26. The number of ketones is 1. The number of hydrogen-bond donors (Lipinski definition) is 0. The van der Waals surface area contributed by atoms with E-state index in [1.54, 1.807) is 11.9 Å². The molecular weight excluding hydrogens is 226 g/mol. The summed E-state index contributed by atoms with van der Waals surface area (Å²) in [5, 5.41) is 0. The van der Waals surface area contributed by atoms with Crippen LogP contribution < -0.4 is 0 Å². The van der Waals surface area contributed by atoms with Crippen LogP contribution in [0.4, 0.5) is 0 Å². The van der Waals surface area contributed by atoms with Crippen LogP contribution in [0.15, 0.2) is 18.2 Å². The summed E-state index contributed by atoms with van der Waals surface area (Å²) in [7, 11) is 1.75. The molecule has 3 heteroatoms. The fourth-order valence-corrected chi connectivity index (χ4v) is 1.76. The van der Waals surface area contributed by atoms with Gasteiger partial charge in [0, 0.05) is 32.0 Å². The first kappa shape index (κ1) is 14.4. The molecular formula is C15H21NO2. The van der Waals surface area contributed by atoms with E-state index in [1.807, 2.05) is 39.0 Å². The minimum absolute atomic E-state index is 0.0242. The van der Waals surface area contributed by atoms with Crippen LogP contribution in [-0.4, -0.2) is 30.2 Å². The molecule has 98 valence electrons. The number of amides is 1. The fraction of sp³-hybridized carbons (Fsp3) is 0.467. The number of benzene rings is 1. The summed E-state index contributed by atoms with van der Waals surface area (Å²) in [5.41, 5.74) is 2.78. The van der Waals surface area contributed by atoms with Gasteiger partial charge in [-0.2, -0.15) is 0 Å². The number of aryl methyl sites for hydroxylation is 2. The monoisotopic (exact) mass is 247 g/mol. The average molecular weight is 247 g/mol. The molecule has 1 amide bonds. The molecule has 0 unspecified atom stereocenters. The van der Waals surface area contributed by atoms with Crippen LogP contribution in [0.5, 0.6) is 0 Å². The van der Waals surface area contributed by atoms with Gasteiger partial charge in [0.1, 0.15) is 0 Å². The molecule has 1 rings (SSSR count). The van der Waals surface area contributed by atoms with Gasteiger partial charge in [0.25, 0.3) is 0 Å². The van der Waals surface area contributed by atoms with Crippen molar-refractivity contribution in [1.29, 1.82) is 0 Å². The highest BCUT2D eigenvalue weighted by Crippen LogP contribution is 2.14. The first-order valence-corrected chi connectivity index (χ1v) is 6.30. The molecule has 0 saturated heterocycles. The Hall–Kier alpha value is -1.64. The molecule has 0 spiro atoms. The van der Waals surface area contributed by atoms with E-state index in [9.17, 15) is 9.59 Å². The van der Waals surface area contributed by atoms with Crippen LogP contribution in [0.2, 0.25) is 0 Å². The van der Waals surface area contributed by atoms with E-state index in [-0.39, 0.29) is 24.5 Å². The SMILES string of the molecule is CCN(C)C(=O)CCC(=O)c1cc(C)ccc1C. The molecule has 18 heavy (non-hydrogen) atoms. The highest BCUT2D eigenvalue weighted by Gasteiger charge is 2.13. The van der Waals surface area contributed by atoms with Crippen molar-refractivity contribution in [2.45, 2.75) is 33.6 Å². The Bertz CT molecular complexity index is 452. The molecule has 0 saturated carbocycles. The zero-order valence-corrected chi connectivity index (χ0v) is 11.6. The molecule has 0 aromatic heterocycles. The normalized spacial score (nSPS) is 10.2. The van der Waals surface area contributed by atoms with Crippen LogP contribution in [0.1, 0.15) is 41.3 Å². The predicted molar refractivity (Wildman–Crippen MR) is 72.8 cm³/mol. The highest BCUT2D eigenvalue weighted by molar-refractivity contribution is 5.99. The first-order valence-electron chi connectivity index (χ1n) is 6.30. The number of carbonyl (C=O) groups is 2. The minimum atomic E-state index is 0.0242. The summed E-state index contributed by atoms with van der Waals surface area (Å²) in [6, 6.07) is 5.83. The van der Waals surface area contributed by atoms with Gasteiger partial charge in [-0.3, -0.25) is 9.59 Å². The summed E-state index contributed by atoms with van der Waals surface area (Å²) < 4.78 is 0. The molecule has 1 aromatic carbocycles. The summed E-state index contributed by atoms with van der Waals surface area (Å²) in [6.07, 6.45) is 0.573. The molecule has 0 aliphatic rings. The fourth-order valence-electron chi connectivity index (χ4n) is 1.76. The van der Waals surface area contributed by atoms with Crippen molar-refractivity contribution in [3.8, 4) is 0 Å². The van der Waals surface area contributed by atoms with Gasteiger partial charge in [-0.15, -0.1) is 0 Å². The van der Waals surface area contributed by atoms with Crippen LogP contribution in [-0.2, 0) is 4.79 Å². The smallest absolute Gasteiger partial charge is 0.222 e. The largest absolute Gasteiger partial charge is 0.346 e. The average Bonchev–Trinajstić information content (AvgIpc) is 2.37. The van der Waals surface area contributed by atoms with Crippen molar-refractivity contribution in [1.82, 2.24) is 4.90 Å². The van der Waals surface area contributed by atoms with Crippen molar-refractivity contribution in [3.63, 3.8) is 0 Å². The lowest BCUT2D eigenvalue weighted by Gasteiger charge is -2.14. The Labute approximate surface area is 109 Å². The van der Waals surface area contributed by atoms with Crippen molar-refractivity contribution in [2.24, 2.45) is 0 Å². The van der Waals surface area contributed by atoms with Gasteiger partial charge in [-0.25, -0.2) is 0 Å². The van der Waals surface area contributed by atoms with Crippen molar-refractivity contribution in [2.75, 3.05) is 13.6 Å². The maximum Gasteiger partial charge on any atom is 0.222 e. The van der Waals surface area contributed by atoms with Gasteiger partial charge in [0.2, 0.25) is 5.91 Å². The molecule has 0 fully saturated rings. The maximum atomic E-state index is 12.1. The number of carbonyl (C=O) groups excluding carboxylic acids is 2. The van der Waals surface area contributed by atoms with E-state index < -0.39 is 0 Å². The molecule has 0 aliphatic heterocycles. The van der Waals surface area contributed by atoms with Gasteiger partial charge in [0.05, 0.1) is 0 Å². The van der Waals surface area contributed by atoms with Gasteiger partial charge < -0.3 is 4.90 Å². The van der Waals surface area contributed by atoms with E-state index in [2.05, 4.69) is 0 Å². The molecule has 0 bridgehead atoms. The Balaban J connectivity index is 2.66. The minimum Gasteiger partial charge on any atom is -0.346 e. The Morgan fingerprint density at radius 2 is 1.83 bits per heavy atom. The zero-order valence-electron chi connectivity index (χ0n) is 11.6. The molecule has 0 heterocycles. The topological polar surface area (TPSA) is 37.4 Å². The Morgan fingerprint density at radius 1 is 1.17 bits per heavy atom. The number of rotatable bonds is 5. The molecule has 0 aliphatic carbocycles. The van der Waals surface area contributed by atoms with E-state index in [0.717, 1.165) is 16.7 Å². The van der Waals surface area contributed by atoms with Crippen molar-refractivity contribution < 1.29 is 9.59 Å². The number of Topliss-reactive ketones (excluding diaryl/α,β-unsaturated/α-hetero) is 1. The van der Waals surface area contributed by atoms with E-state index in [0.29, 0.717) is 6.54 Å². The van der Waals surface area contributed by atoms with Crippen LogP contribution >= 0.6 is 0 Å². The van der Waals surface area contributed by atoms with E-state index in [4.69, 9.17) is 0 Å². The standard InChI is InChI=1S/C15H21NO2/c1-5-16(4)15(18)9-8-14(17)13-10-11(2)6-7-12(13)3/h6-7,10H,5,8-9H2,1-4H3. The molecule has 3 nitrogen and oxygen atoms in total. The summed E-state index contributed by atoms with van der Waals surface area (Å²) in [5.74, 6) is 0.0743. The van der Waals surface area contributed by atoms with Crippen molar-refractivity contribution in [3.05, 3.63) is 34.9 Å². The van der Waals surface area contributed by atoms with E-state index in [1.165, 1.54) is 0 Å². The molecule has 0 radical (unpaired) electrons. The summed E-state index contributed by atoms with van der Waals surface area (Å²) >= 11 is 0. The lowest BCUT2D eigenvalue weighted by molar-refractivity contribution is -0.129. The third-order valence-electron chi connectivity index (χ3n) is 3.16. The van der Waals surface area contributed by atoms with E-state index >= 15 is 0 Å².